The van der Waals surface area contributed by atoms with Crippen molar-refractivity contribution in [2.24, 2.45) is 0 Å². The van der Waals surface area contributed by atoms with Crippen LogP contribution in [0.1, 0.15) is 46.3 Å². The first-order valence-corrected chi connectivity index (χ1v) is 10.0. The standard InChI is InChI=1S/C22H21N7O/c30-22(21-25-27-29(26-21)17-10-5-2-6-11-17)24-19-12-7-13-20-18(19)14-23-28(20)15-16-8-3-1-4-9-16/h1-6,8-11,14,19H,7,12-13,15H2,(H,24,30). The fourth-order valence-corrected chi connectivity index (χ4v) is 3.86. The molecule has 0 saturated heterocycles. The van der Waals surface area contributed by atoms with Gasteiger partial charge in [0.15, 0.2) is 0 Å². The summed E-state index contributed by atoms with van der Waals surface area (Å²) in [7, 11) is 0. The molecule has 30 heavy (non-hydrogen) atoms. The molecule has 4 aromatic rings. The van der Waals surface area contributed by atoms with Gasteiger partial charge in [0.1, 0.15) is 0 Å². The van der Waals surface area contributed by atoms with Crippen molar-refractivity contribution in [2.75, 3.05) is 0 Å². The van der Waals surface area contributed by atoms with E-state index in [-0.39, 0.29) is 17.8 Å². The van der Waals surface area contributed by atoms with Gasteiger partial charge in [-0.05, 0) is 42.2 Å². The van der Waals surface area contributed by atoms with E-state index in [0.29, 0.717) is 0 Å². The molecule has 8 heteroatoms. The molecule has 0 fully saturated rings. The zero-order valence-corrected chi connectivity index (χ0v) is 16.3. The van der Waals surface area contributed by atoms with Crippen LogP contribution in [-0.4, -0.2) is 35.9 Å². The van der Waals surface area contributed by atoms with Crippen LogP contribution in [-0.2, 0) is 13.0 Å². The van der Waals surface area contributed by atoms with Gasteiger partial charge >= 0.3 is 0 Å². The summed E-state index contributed by atoms with van der Waals surface area (Å²) in [4.78, 5) is 14.1. The zero-order chi connectivity index (χ0) is 20.3. The van der Waals surface area contributed by atoms with Crippen LogP contribution < -0.4 is 5.32 Å². The Bertz CT molecular complexity index is 1150. The minimum atomic E-state index is -0.328. The van der Waals surface area contributed by atoms with E-state index in [1.165, 1.54) is 16.1 Å². The third-order valence-electron chi connectivity index (χ3n) is 5.35. The number of benzene rings is 2. The van der Waals surface area contributed by atoms with E-state index in [1.54, 1.807) is 0 Å². The Balaban J connectivity index is 1.32. The van der Waals surface area contributed by atoms with E-state index in [4.69, 9.17) is 0 Å². The lowest BCUT2D eigenvalue weighted by Crippen LogP contribution is -2.31. The Hall–Kier alpha value is -3.81. The topological polar surface area (TPSA) is 90.5 Å². The molecule has 1 amide bonds. The van der Waals surface area contributed by atoms with Crippen molar-refractivity contribution in [2.45, 2.75) is 31.8 Å². The second-order valence-corrected chi connectivity index (χ2v) is 7.35. The minimum Gasteiger partial charge on any atom is -0.342 e. The predicted octanol–water partition coefficient (Wildman–Crippen LogP) is 2.71. The Morgan fingerprint density at radius 1 is 1.07 bits per heavy atom. The van der Waals surface area contributed by atoms with Gasteiger partial charge in [0.2, 0.25) is 0 Å². The molecule has 5 rings (SSSR count). The quantitative estimate of drug-likeness (QED) is 0.557. The van der Waals surface area contributed by atoms with Crippen molar-refractivity contribution in [1.29, 1.82) is 0 Å². The lowest BCUT2D eigenvalue weighted by atomic mass is 9.93. The highest BCUT2D eigenvalue weighted by Gasteiger charge is 2.27. The maximum absolute atomic E-state index is 12.7. The number of nitrogens with zero attached hydrogens (tertiary/aromatic N) is 6. The zero-order valence-electron chi connectivity index (χ0n) is 16.3. The molecule has 0 radical (unpaired) electrons. The van der Waals surface area contributed by atoms with E-state index < -0.39 is 0 Å². The van der Waals surface area contributed by atoms with Gasteiger partial charge in [-0.25, -0.2) is 0 Å². The highest BCUT2D eigenvalue weighted by Crippen LogP contribution is 2.30. The summed E-state index contributed by atoms with van der Waals surface area (Å²) in [6.45, 7) is 0.726. The van der Waals surface area contributed by atoms with Crippen molar-refractivity contribution >= 4 is 5.91 Å². The van der Waals surface area contributed by atoms with Gasteiger partial charge in [-0.1, -0.05) is 48.5 Å². The molecule has 1 aliphatic rings. The molecule has 1 N–H and O–H groups in total. The van der Waals surface area contributed by atoms with Crippen LogP contribution in [0.4, 0.5) is 0 Å². The van der Waals surface area contributed by atoms with Crippen LogP contribution in [0.2, 0.25) is 0 Å². The molecule has 8 nitrogen and oxygen atoms in total. The number of rotatable bonds is 5. The SMILES string of the molecule is O=C(NC1CCCc2c1cnn2Cc1ccccc1)c1nnn(-c2ccccc2)n1. The largest absolute Gasteiger partial charge is 0.342 e. The van der Waals surface area contributed by atoms with Crippen LogP contribution in [0.15, 0.2) is 66.9 Å². The number of amides is 1. The van der Waals surface area contributed by atoms with Gasteiger partial charge in [-0.3, -0.25) is 9.48 Å². The number of hydrogen-bond acceptors (Lipinski definition) is 5. The molecule has 0 spiro atoms. The maximum atomic E-state index is 12.7. The smallest absolute Gasteiger partial charge is 0.293 e. The van der Waals surface area contributed by atoms with Crippen molar-refractivity contribution in [3.8, 4) is 5.69 Å². The molecule has 2 aromatic carbocycles. The van der Waals surface area contributed by atoms with E-state index >= 15 is 0 Å². The Labute approximate surface area is 173 Å². The molecule has 0 aliphatic heterocycles. The number of carbonyl (C=O) groups is 1. The van der Waals surface area contributed by atoms with Gasteiger partial charge in [0.25, 0.3) is 11.7 Å². The summed E-state index contributed by atoms with van der Waals surface area (Å²) >= 11 is 0. The van der Waals surface area contributed by atoms with E-state index in [2.05, 4.69) is 38.0 Å². The highest BCUT2D eigenvalue weighted by molar-refractivity contribution is 5.90. The average molecular weight is 399 g/mol. The summed E-state index contributed by atoms with van der Waals surface area (Å²) in [5, 5.41) is 19.8. The van der Waals surface area contributed by atoms with Gasteiger partial charge in [0, 0.05) is 11.3 Å². The molecular weight excluding hydrogens is 378 g/mol. The number of hydrogen-bond donors (Lipinski definition) is 1. The summed E-state index contributed by atoms with van der Waals surface area (Å²) in [5.74, 6) is -0.270. The molecule has 1 aliphatic carbocycles. The number of carbonyl (C=O) groups excluding carboxylic acids is 1. The molecule has 2 aromatic heterocycles. The summed E-state index contributed by atoms with van der Waals surface area (Å²) in [6.07, 6.45) is 4.68. The van der Waals surface area contributed by atoms with Crippen molar-refractivity contribution in [3.63, 3.8) is 0 Å². The Morgan fingerprint density at radius 3 is 2.63 bits per heavy atom. The lowest BCUT2D eigenvalue weighted by Gasteiger charge is -2.23. The van der Waals surface area contributed by atoms with Crippen LogP contribution in [0.5, 0.6) is 0 Å². The lowest BCUT2D eigenvalue weighted by molar-refractivity contribution is 0.0922. The van der Waals surface area contributed by atoms with Crippen LogP contribution in [0.25, 0.3) is 5.69 Å². The van der Waals surface area contributed by atoms with Crippen LogP contribution in [0, 0.1) is 0 Å². The summed E-state index contributed by atoms with van der Waals surface area (Å²) in [5.41, 5.74) is 4.21. The summed E-state index contributed by atoms with van der Waals surface area (Å²) < 4.78 is 2.03. The van der Waals surface area contributed by atoms with E-state index in [0.717, 1.165) is 37.1 Å². The van der Waals surface area contributed by atoms with E-state index in [9.17, 15) is 4.79 Å². The van der Waals surface area contributed by atoms with Gasteiger partial charge in [0.05, 0.1) is 24.5 Å². The number of tetrazole rings is 1. The van der Waals surface area contributed by atoms with Gasteiger partial charge in [-0.2, -0.15) is 5.10 Å². The number of para-hydroxylation sites is 1. The summed E-state index contributed by atoms with van der Waals surface area (Å²) in [6, 6.07) is 19.6. The van der Waals surface area contributed by atoms with Crippen LogP contribution in [0.3, 0.4) is 0 Å². The monoisotopic (exact) mass is 399 g/mol. The average Bonchev–Trinajstić information content (AvgIpc) is 3.44. The third-order valence-corrected chi connectivity index (χ3v) is 5.35. The predicted molar refractivity (Wildman–Crippen MR) is 110 cm³/mol. The molecule has 150 valence electrons. The first-order chi connectivity index (χ1) is 14.8. The molecule has 0 bridgehead atoms. The molecular formula is C22H21N7O. The minimum absolute atomic E-state index is 0.0580. The molecule has 1 atom stereocenters. The Kier molecular flexibility index (Phi) is 4.80. The molecule has 2 heterocycles. The van der Waals surface area contributed by atoms with Gasteiger partial charge < -0.3 is 5.32 Å². The highest BCUT2D eigenvalue weighted by atomic mass is 16.2. The number of nitrogens with one attached hydrogen (secondary N) is 1. The maximum Gasteiger partial charge on any atom is 0.293 e. The molecule has 1 unspecified atom stereocenters. The fourth-order valence-electron chi connectivity index (χ4n) is 3.86. The van der Waals surface area contributed by atoms with E-state index in [1.807, 2.05) is 59.4 Å². The normalized spacial score (nSPS) is 15.5. The Morgan fingerprint density at radius 2 is 1.83 bits per heavy atom. The number of fused-ring (bicyclic) bond motifs is 1. The second kappa shape index (κ2) is 7.90. The second-order valence-electron chi connectivity index (χ2n) is 7.35. The van der Waals surface area contributed by atoms with Crippen molar-refractivity contribution < 1.29 is 4.79 Å². The van der Waals surface area contributed by atoms with Crippen molar-refractivity contribution in [3.05, 3.63) is 89.5 Å². The third kappa shape index (κ3) is 3.59. The first-order valence-electron chi connectivity index (χ1n) is 10.0. The van der Waals surface area contributed by atoms with Crippen LogP contribution >= 0.6 is 0 Å². The number of aromatic nitrogens is 6. The van der Waals surface area contributed by atoms with Gasteiger partial charge in [-0.15, -0.1) is 15.0 Å². The molecule has 0 saturated carbocycles. The fraction of sp³-hybridized carbons (Fsp3) is 0.227. The first kappa shape index (κ1) is 18.2. The van der Waals surface area contributed by atoms with Crippen molar-refractivity contribution in [1.82, 2.24) is 35.3 Å².